The molecule has 3 atom stereocenters. The highest BCUT2D eigenvalue weighted by Crippen LogP contribution is 2.31. The van der Waals surface area contributed by atoms with Gasteiger partial charge in [-0.3, -0.25) is 9.59 Å². The van der Waals surface area contributed by atoms with E-state index in [1.807, 2.05) is 30.5 Å². The van der Waals surface area contributed by atoms with E-state index in [-0.39, 0.29) is 30.4 Å². The van der Waals surface area contributed by atoms with Crippen molar-refractivity contribution < 1.29 is 9.59 Å². The fourth-order valence-electron chi connectivity index (χ4n) is 4.95. The first-order valence-corrected chi connectivity index (χ1v) is 10.7. The maximum absolute atomic E-state index is 13.7. The van der Waals surface area contributed by atoms with E-state index in [0.717, 1.165) is 55.4 Å². The number of fused-ring (bicyclic) bond motifs is 3. The van der Waals surface area contributed by atoms with Crippen molar-refractivity contribution in [3.63, 3.8) is 0 Å². The zero-order valence-corrected chi connectivity index (χ0v) is 17.1. The van der Waals surface area contributed by atoms with E-state index in [9.17, 15) is 9.59 Å². The number of H-pyrrole nitrogens is 1. The molecule has 29 heavy (non-hydrogen) atoms. The van der Waals surface area contributed by atoms with Crippen LogP contribution in [0.15, 0.2) is 30.5 Å². The van der Waals surface area contributed by atoms with Crippen LogP contribution >= 0.6 is 0 Å². The van der Waals surface area contributed by atoms with Gasteiger partial charge < -0.3 is 25.8 Å². The Morgan fingerprint density at radius 3 is 2.83 bits per heavy atom. The number of para-hydroxylation sites is 1. The molecule has 2 bridgehead atoms. The van der Waals surface area contributed by atoms with Gasteiger partial charge in [-0.25, -0.2) is 0 Å². The van der Waals surface area contributed by atoms with Crippen LogP contribution in [0.4, 0.5) is 0 Å². The number of nitrogens with one attached hydrogen (secondary N) is 2. The van der Waals surface area contributed by atoms with Crippen LogP contribution in [0.25, 0.3) is 10.9 Å². The predicted molar refractivity (Wildman–Crippen MR) is 113 cm³/mol. The fourth-order valence-corrected chi connectivity index (χ4v) is 4.95. The Kier molecular flexibility index (Phi) is 5.87. The van der Waals surface area contributed by atoms with Gasteiger partial charge in [0, 0.05) is 48.7 Å². The third kappa shape index (κ3) is 4.02. The van der Waals surface area contributed by atoms with E-state index in [1.54, 1.807) is 0 Å². The Bertz CT molecular complexity index is 879. The summed E-state index contributed by atoms with van der Waals surface area (Å²) in [5.74, 6) is -0.261. The molecule has 7 heteroatoms. The van der Waals surface area contributed by atoms with Gasteiger partial charge in [-0.2, -0.15) is 0 Å². The summed E-state index contributed by atoms with van der Waals surface area (Å²) in [7, 11) is 0. The van der Waals surface area contributed by atoms with Gasteiger partial charge in [0.05, 0.1) is 6.54 Å². The number of carbonyl (C=O) groups is 2. The molecule has 3 heterocycles. The van der Waals surface area contributed by atoms with Crippen LogP contribution in [-0.4, -0.2) is 70.9 Å². The van der Waals surface area contributed by atoms with E-state index in [2.05, 4.69) is 27.0 Å². The van der Waals surface area contributed by atoms with Crippen LogP contribution in [0.2, 0.25) is 0 Å². The van der Waals surface area contributed by atoms with Gasteiger partial charge in [0.25, 0.3) is 0 Å². The number of likely N-dealkylation sites (N-methyl/N-ethyl adjacent to an activating group) is 1. The summed E-state index contributed by atoms with van der Waals surface area (Å²) >= 11 is 0. The normalized spacial score (nSPS) is 23.2. The summed E-state index contributed by atoms with van der Waals surface area (Å²) in [4.78, 5) is 33.6. The molecule has 2 fully saturated rings. The van der Waals surface area contributed by atoms with E-state index < -0.39 is 6.04 Å². The number of nitrogens with zero attached hydrogens (tertiary/aromatic N) is 2. The largest absolute Gasteiger partial charge is 0.361 e. The smallest absolute Gasteiger partial charge is 0.246 e. The van der Waals surface area contributed by atoms with Crippen molar-refractivity contribution in [2.45, 2.75) is 50.7 Å². The second-order valence-electron chi connectivity index (χ2n) is 8.20. The number of hydrogen-bond donors (Lipinski definition) is 3. The minimum absolute atomic E-state index is 0.0301. The van der Waals surface area contributed by atoms with Crippen LogP contribution in [0, 0.1) is 0 Å². The molecule has 0 radical (unpaired) electrons. The fraction of sp³-hybridized carbons (Fsp3) is 0.545. The Morgan fingerprint density at radius 2 is 2.03 bits per heavy atom. The van der Waals surface area contributed by atoms with Gasteiger partial charge in [-0.15, -0.1) is 0 Å². The molecule has 2 aliphatic rings. The predicted octanol–water partition coefficient (Wildman–Crippen LogP) is 1.24. The maximum Gasteiger partial charge on any atom is 0.246 e. The van der Waals surface area contributed by atoms with E-state index in [4.69, 9.17) is 5.73 Å². The lowest BCUT2D eigenvalue weighted by molar-refractivity contribution is -0.138. The molecule has 1 aromatic carbocycles. The SMILES string of the molecule is CCN1CCC2CCC(C1)N2C(=O)[C@H](Cc1c[nH]c2ccccc12)NC(=O)CN. The van der Waals surface area contributed by atoms with Crippen LogP contribution in [0.3, 0.4) is 0 Å². The quantitative estimate of drug-likeness (QED) is 0.684. The molecule has 2 saturated heterocycles. The first kappa shape index (κ1) is 19.9. The standard InChI is InChI=1S/C22H31N5O2/c1-2-26-10-9-16-7-8-17(14-26)27(16)22(29)20(25-21(28)12-23)11-15-13-24-19-6-4-3-5-18(15)19/h3-6,13,16-17,20,24H,2,7-12,14,23H2,1H3,(H,25,28)/t16?,17?,20-/m0/s1. The van der Waals surface area contributed by atoms with Gasteiger partial charge in [-0.1, -0.05) is 25.1 Å². The van der Waals surface area contributed by atoms with Crippen LogP contribution in [-0.2, 0) is 16.0 Å². The number of benzene rings is 1. The Labute approximate surface area is 171 Å². The summed E-state index contributed by atoms with van der Waals surface area (Å²) in [5.41, 5.74) is 7.61. The van der Waals surface area contributed by atoms with E-state index >= 15 is 0 Å². The summed E-state index contributed by atoms with van der Waals surface area (Å²) in [5, 5.41) is 3.98. The average molecular weight is 398 g/mol. The second-order valence-corrected chi connectivity index (χ2v) is 8.20. The molecule has 156 valence electrons. The highest BCUT2D eigenvalue weighted by molar-refractivity contribution is 5.90. The number of aromatic nitrogens is 1. The molecule has 4 N–H and O–H groups in total. The van der Waals surface area contributed by atoms with Gasteiger partial charge in [0.2, 0.25) is 11.8 Å². The number of carbonyl (C=O) groups excluding carboxylic acids is 2. The molecule has 0 spiro atoms. The first-order chi connectivity index (χ1) is 14.1. The molecule has 2 aliphatic heterocycles. The minimum Gasteiger partial charge on any atom is -0.361 e. The van der Waals surface area contributed by atoms with E-state index in [0.29, 0.717) is 6.42 Å². The molecule has 4 rings (SSSR count). The first-order valence-electron chi connectivity index (χ1n) is 10.7. The zero-order valence-electron chi connectivity index (χ0n) is 17.1. The summed E-state index contributed by atoms with van der Waals surface area (Å²) in [6.45, 7) is 5.02. The Hall–Kier alpha value is -2.38. The number of rotatable bonds is 6. The molecule has 2 aromatic rings. The number of nitrogens with two attached hydrogens (primary N) is 1. The third-order valence-corrected chi connectivity index (χ3v) is 6.49. The van der Waals surface area contributed by atoms with Crippen molar-refractivity contribution in [3.8, 4) is 0 Å². The minimum atomic E-state index is -0.596. The summed E-state index contributed by atoms with van der Waals surface area (Å²) < 4.78 is 0. The second kappa shape index (κ2) is 8.55. The number of hydrogen-bond acceptors (Lipinski definition) is 4. The van der Waals surface area contributed by atoms with Crippen molar-refractivity contribution in [2.24, 2.45) is 5.73 Å². The van der Waals surface area contributed by atoms with Gasteiger partial charge >= 0.3 is 0 Å². The highest BCUT2D eigenvalue weighted by Gasteiger charge is 2.42. The molecule has 7 nitrogen and oxygen atoms in total. The van der Waals surface area contributed by atoms with Crippen LogP contribution < -0.4 is 11.1 Å². The number of aromatic amines is 1. The van der Waals surface area contributed by atoms with Gasteiger partial charge in [-0.05, 0) is 37.4 Å². The van der Waals surface area contributed by atoms with Crippen molar-refractivity contribution in [2.75, 3.05) is 26.2 Å². The Balaban J connectivity index is 1.59. The van der Waals surface area contributed by atoms with Gasteiger partial charge in [0.15, 0.2) is 0 Å². The molecule has 0 aliphatic carbocycles. The summed E-state index contributed by atoms with van der Waals surface area (Å²) in [6, 6.07) is 7.94. The molecule has 1 aromatic heterocycles. The van der Waals surface area contributed by atoms with Crippen molar-refractivity contribution in [1.82, 2.24) is 20.1 Å². The highest BCUT2D eigenvalue weighted by atomic mass is 16.2. The monoisotopic (exact) mass is 397 g/mol. The van der Waals surface area contributed by atoms with Crippen molar-refractivity contribution >= 4 is 22.7 Å². The van der Waals surface area contributed by atoms with Crippen LogP contribution in [0.1, 0.15) is 31.7 Å². The number of amides is 2. The average Bonchev–Trinajstić information content (AvgIpc) is 3.27. The molecular weight excluding hydrogens is 366 g/mol. The lowest BCUT2D eigenvalue weighted by atomic mass is 10.0. The molecule has 2 unspecified atom stereocenters. The zero-order chi connectivity index (χ0) is 20.4. The molecule has 0 saturated carbocycles. The lowest BCUT2D eigenvalue weighted by Gasteiger charge is -2.32. The number of likely N-dealkylation sites (tertiary alicyclic amines) is 1. The van der Waals surface area contributed by atoms with Crippen LogP contribution in [0.5, 0.6) is 0 Å². The summed E-state index contributed by atoms with van der Waals surface area (Å²) in [6.07, 6.45) is 5.49. The Morgan fingerprint density at radius 1 is 1.24 bits per heavy atom. The third-order valence-electron chi connectivity index (χ3n) is 6.49. The molecular formula is C22H31N5O2. The maximum atomic E-state index is 13.7. The van der Waals surface area contributed by atoms with E-state index in [1.165, 1.54) is 0 Å². The van der Waals surface area contributed by atoms with Gasteiger partial charge in [0.1, 0.15) is 6.04 Å². The lowest BCUT2D eigenvalue weighted by Crippen LogP contribution is -2.54. The van der Waals surface area contributed by atoms with Crippen molar-refractivity contribution in [3.05, 3.63) is 36.0 Å². The topological polar surface area (TPSA) is 94.5 Å². The molecule has 2 amide bonds. The van der Waals surface area contributed by atoms with Crippen molar-refractivity contribution in [1.29, 1.82) is 0 Å².